The lowest BCUT2D eigenvalue weighted by atomic mass is 9.84. The fraction of sp³-hybridized carbons (Fsp3) is 0.600. The summed E-state index contributed by atoms with van der Waals surface area (Å²) in [4.78, 5) is 1.94. The third-order valence-electron chi connectivity index (χ3n) is 3.90. The van der Waals surface area contributed by atoms with E-state index in [-0.39, 0.29) is 6.42 Å². The molecule has 2 unspecified atom stereocenters. The molecule has 0 aromatic heterocycles. The van der Waals surface area contributed by atoms with Crippen LogP contribution in [0.5, 0.6) is 0 Å². The van der Waals surface area contributed by atoms with E-state index in [0.717, 1.165) is 17.8 Å². The van der Waals surface area contributed by atoms with Crippen LogP contribution in [0.2, 0.25) is 0 Å². The van der Waals surface area contributed by atoms with Gasteiger partial charge in [-0.2, -0.15) is 13.2 Å². The smallest absolute Gasteiger partial charge is 0.382 e. The van der Waals surface area contributed by atoms with E-state index in [1.54, 1.807) is 0 Å². The summed E-state index contributed by atoms with van der Waals surface area (Å²) in [6.07, 6.45) is -1.78. The number of rotatable bonds is 3. The van der Waals surface area contributed by atoms with Gasteiger partial charge in [0.1, 0.15) is 0 Å². The second kappa shape index (κ2) is 5.94. The molecule has 1 saturated carbocycles. The van der Waals surface area contributed by atoms with Gasteiger partial charge in [0.05, 0.1) is 5.92 Å². The lowest BCUT2D eigenvalue weighted by Gasteiger charge is -2.34. The van der Waals surface area contributed by atoms with E-state index in [1.165, 1.54) is 0 Å². The van der Waals surface area contributed by atoms with Crippen LogP contribution in [0.15, 0.2) is 24.3 Å². The molecule has 1 aliphatic carbocycles. The molecule has 5 heteroatoms. The van der Waals surface area contributed by atoms with Crippen LogP contribution in [-0.4, -0.2) is 26.3 Å². The van der Waals surface area contributed by atoms with Crippen LogP contribution in [0.4, 0.5) is 24.5 Å². The molecule has 2 atom stereocenters. The standard InChI is InChI=1S/C15H21F3N2/c1-20(2)12-7-5-6-11(10-12)19-14-9-4-3-8-13(14)15(16,17)18/h5-7,10,13-14,19H,3-4,8-9H2,1-2H3. The largest absolute Gasteiger partial charge is 0.393 e. The topological polar surface area (TPSA) is 15.3 Å². The van der Waals surface area contributed by atoms with Crippen molar-refractivity contribution in [2.24, 2.45) is 5.92 Å². The number of benzene rings is 1. The predicted molar refractivity (Wildman–Crippen MR) is 76.2 cm³/mol. The van der Waals surface area contributed by atoms with E-state index in [1.807, 2.05) is 43.3 Å². The molecule has 1 fully saturated rings. The van der Waals surface area contributed by atoms with E-state index in [4.69, 9.17) is 0 Å². The van der Waals surface area contributed by atoms with E-state index in [9.17, 15) is 13.2 Å². The van der Waals surface area contributed by atoms with Crippen molar-refractivity contribution >= 4 is 11.4 Å². The molecule has 0 radical (unpaired) electrons. The Balaban J connectivity index is 2.12. The predicted octanol–water partition coefficient (Wildman–Crippen LogP) is 4.29. The molecule has 0 aliphatic heterocycles. The maximum atomic E-state index is 13.1. The average molecular weight is 286 g/mol. The van der Waals surface area contributed by atoms with Crippen molar-refractivity contribution in [2.75, 3.05) is 24.3 Å². The quantitative estimate of drug-likeness (QED) is 0.892. The molecule has 0 saturated heterocycles. The van der Waals surface area contributed by atoms with Crippen molar-refractivity contribution < 1.29 is 13.2 Å². The number of hydrogen-bond acceptors (Lipinski definition) is 2. The summed E-state index contributed by atoms with van der Waals surface area (Å²) in [5.41, 5.74) is 1.74. The number of anilines is 2. The number of alkyl halides is 3. The van der Waals surface area contributed by atoms with Gasteiger partial charge in [0, 0.05) is 31.5 Å². The Labute approximate surface area is 118 Å². The zero-order valence-corrected chi connectivity index (χ0v) is 11.9. The van der Waals surface area contributed by atoms with Crippen LogP contribution >= 0.6 is 0 Å². The first-order valence-corrected chi connectivity index (χ1v) is 6.98. The van der Waals surface area contributed by atoms with Crippen molar-refractivity contribution in [3.63, 3.8) is 0 Å². The number of halogens is 3. The molecule has 112 valence electrons. The van der Waals surface area contributed by atoms with Crippen LogP contribution < -0.4 is 10.2 Å². The first kappa shape index (κ1) is 15.0. The van der Waals surface area contributed by atoms with Crippen LogP contribution in [0.3, 0.4) is 0 Å². The number of hydrogen-bond donors (Lipinski definition) is 1. The van der Waals surface area contributed by atoms with Crippen LogP contribution in [-0.2, 0) is 0 Å². The third kappa shape index (κ3) is 3.58. The minimum Gasteiger partial charge on any atom is -0.382 e. The molecule has 1 N–H and O–H groups in total. The maximum absolute atomic E-state index is 13.1. The van der Waals surface area contributed by atoms with Gasteiger partial charge in [-0.25, -0.2) is 0 Å². The van der Waals surface area contributed by atoms with E-state index in [2.05, 4.69) is 5.32 Å². The van der Waals surface area contributed by atoms with Crippen molar-refractivity contribution in [1.29, 1.82) is 0 Å². The van der Waals surface area contributed by atoms with Crippen LogP contribution in [0, 0.1) is 5.92 Å². The fourth-order valence-corrected chi connectivity index (χ4v) is 2.78. The molecule has 0 bridgehead atoms. The average Bonchev–Trinajstić information content (AvgIpc) is 2.38. The Hall–Kier alpha value is -1.39. The second-order valence-electron chi connectivity index (χ2n) is 5.63. The minimum atomic E-state index is -4.11. The Morgan fingerprint density at radius 3 is 2.50 bits per heavy atom. The highest BCUT2D eigenvalue weighted by Gasteiger charge is 2.45. The summed E-state index contributed by atoms with van der Waals surface area (Å²) < 4.78 is 39.2. The van der Waals surface area contributed by atoms with Gasteiger partial charge < -0.3 is 10.2 Å². The summed E-state index contributed by atoms with van der Waals surface area (Å²) in [6.45, 7) is 0. The molecule has 1 aromatic carbocycles. The normalized spacial score (nSPS) is 23.4. The highest BCUT2D eigenvalue weighted by Crippen LogP contribution is 2.39. The molecule has 0 heterocycles. The van der Waals surface area contributed by atoms with Crippen LogP contribution in [0.25, 0.3) is 0 Å². The Morgan fingerprint density at radius 2 is 1.85 bits per heavy atom. The van der Waals surface area contributed by atoms with E-state index in [0.29, 0.717) is 12.8 Å². The van der Waals surface area contributed by atoms with Crippen molar-refractivity contribution in [2.45, 2.75) is 37.9 Å². The molecular weight excluding hydrogens is 265 g/mol. The summed E-state index contributed by atoms with van der Waals surface area (Å²) in [6, 6.07) is 7.01. The summed E-state index contributed by atoms with van der Waals surface area (Å²) in [5.74, 6) is -1.24. The summed E-state index contributed by atoms with van der Waals surface area (Å²) >= 11 is 0. The van der Waals surface area contributed by atoms with E-state index < -0.39 is 18.1 Å². The molecule has 2 rings (SSSR count). The zero-order valence-electron chi connectivity index (χ0n) is 11.9. The van der Waals surface area contributed by atoms with Gasteiger partial charge in [-0.3, -0.25) is 0 Å². The SMILES string of the molecule is CN(C)c1cccc(NC2CCCCC2C(F)(F)F)c1. The van der Waals surface area contributed by atoms with Crippen LogP contribution in [0.1, 0.15) is 25.7 Å². The lowest BCUT2D eigenvalue weighted by molar-refractivity contribution is -0.184. The van der Waals surface area contributed by atoms with E-state index >= 15 is 0 Å². The molecule has 0 spiro atoms. The van der Waals surface area contributed by atoms with Gasteiger partial charge >= 0.3 is 6.18 Å². The van der Waals surface area contributed by atoms with Gasteiger partial charge in [-0.15, -0.1) is 0 Å². The van der Waals surface area contributed by atoms with Gasteiger partial charge in [0.15, 0.2) is 0 Å². The molecule has 0 amide bonds. The summed E-state index contributed by atoms with van der Waals surface area (Å²) in [5, 5.41) is 3.09. The molecule has 20 heavy (non-hydrogen) atoms. The number of nitrogens with zero attached hydrogens (tertiary/aromatic N) is 1. The first-order chi connectivity index (χ1) is 9.38. The molecular formula is C15H21F3N2. The maximum Gasteiger partial charge on any atom is 0.393 e. The van der Waals surface area contributed by atoms with Crippen molar-refractivity contribution in [1.82, 2.24) is 0 Å². The Bertz CT molecular complexity index is 443. The highest BCUT2D eigenvalue weighted by atomic mass is 19.4. The molecule has 1 aliphatic rings. The van der Waals surface area contributed by atoms with Crippen molar-refractivity contribution in [3.05, 3.63) is 24.3 Å². The fourth-order valence-electron chi connectivity index (χ4n) is 2.78. The monoisotopic (exact) mass is 286 g/mol. The number of nitrogens with one attached hydrogen (secondary N) is 1. The van der Waals surface area contributed by atoms with Gasteiger partial charge in [-0.05, 0) is 31.0 Å². The lowest BCUT2D eigenvalue weighted by Crippen LogP contribution is -2.41. The highest BCUT2D eigenvalue weighted by molar-refractivity contribution is 5.57. The zero-order chi connectivity index (χ0) is 14.8. The van der Waals surface area contributed by atoms with Gasteiger partial charge in [0.25, 0.3) is 0 Å². The van der Waals surface area contributed by atoms with Gasteiger partial charge in [-0.1, -0.05) is 18.9 Å². The second-order valence-corrected chi connectivity index (χ2v) is 5.63. The summed E-state index contributed by atoms with van der Waals surface area (Å²) in [7, 11) is 3.83. The van der Waals surface area contributed by atoms with Gasteiger partial charge in [0.2, 0.25) is 0 Å². The molecule has 2 nitrogen and oxygen atoms in total. The Kier molecular flexibility index (Phi) is 4.45. The molecule has 1 aromatic rings. The minimum absolute atomic E-state index is 0.231. The third-order valence-corrected chi connectivity index (χ3v) is 3.90. The Morgan fingerprint density at radius 1 is 1.15 bits per heavy atom. The van der Waals surface area contributed by atoms with Crippen molar-refractivity contribution in [3.8, 4) is 0 Å². The first-order valence-electron chi connectivity index (χ1n) is 6.98.